The van der Waals surface area contributed by atoms with E-state index in [-0.39, 0.29) is 24.0 Å². The fraction of sp³-hybridized carbons (Fsp3) is 0.846. The first kappa shape index (κ1) is 14.2. The molecule has 1 fully saturated rings. The van der Waals surface area contributed by atoms with Crippen LogP contribution in [0.3, 0.4) is 0 Å². The molecule has 0 aliphatic heterocycles. The topological polar surface area (TPSA) is 63.6 Å². The van der Waals surface area contributed by atoms with Gasteiger partial charge in [-0.3, -0.25) is 9.59 Å². The number of carbonyl (C=O) groups is 2. The number of rotatable bonds is 5. The Hall–Kier alpha value is -0.900. The van der Waals surface area contributed by atoms with E-state index in [1.54, 1.807) is 7.11 Å². The first-order valence-electron chi connectivity index (χ1n) is 6.12. The average Bonchev–Trinajstić information content (AvgIpc) is 2.26. The summed E-state index contributed by atoms with van der Waals surface area (Å²) in [5, 5.41) is 8.61. The Morgan fingerprint density at radius 2 is 1.65 bits per heavy atom. The van der Waals surface area contributed by atoms with Crippen LogP contribution < -0.4 is 0 Å². The van der Waals surface area contributed by atoms with Gasteiger partial charge in [-0.2, -0.15) is 0 Å². The second kappa shape index (κ2) is 5.17. The Bertz CT molecular complexity index is 297. The summed E-state index contributed by atoms with van der Waals surface area (Å²) in [6, 6.07) is 0. The van der Waals surface area contributed by atoms with Crippen LogP contribution in [0, 0.1) is 5.41 Å². The van der Waals surface area contributed by atoms with Crippen LogP contribution in [0.5, 0.6) is 0 Å². The zero-order valence-corrected chi connectivity index (χ0v) is 10.9. The summed E-state index contributed by atoms with van der Waals surface area (Å²) < 4.78 is 5.42. The van der Waals surface area contributed by atoms with E-state index in [0.717, 1.165) is 12.8 Å². The molecular formula is C13H22O4. The highest BCUT2D eigenvalue weighted by molar-refractivity contribution is 5.89. The monoisotopic (exact) mass is 242 g/mol. The maximum absolute atomic E-state index is 12.1. The van der Waals surface area contributed by atoms with Gasteiger partial charge in [-0.1, -0.05) is 13.8 Å². The van der Waals surface area contributed by atoms with Gasteiger partial charge in [0.05, 0.1) is 6.42 Å². The molecule has 0 amide bonds. The molecule has 0 spiro atoms. The predicted molar refractivity (Wildman–Crippen MR) is 63.9 cm³/mol. The Labute approximate surface area is 102 Å². The third-order valence-corrected chi connectivity index (χ3v) is 3.88. The summed E-state index contributed by atoms with van der Waals surface area (Å²) in [5.41, 5.74) is -0.472. The number of carboxylic acid groups (broad SMARTS) is 1. The summed E-state index contributed by atoms with van der Waals surface area (Å²) in [5.74, 6) is -0.987. The second-order valence-electron chi connectivity index (χ2n) is 5.68. The van der Waals surface area contributed by atoms with Crippen molar-refractivity contribution in [3.05, 3.63) is 0 Å². The molecule has 0 bridgehead atoms. The van der Waals surface area contributed by atoms with Crippen molar-refractivity contribution in [2.75, 3.05) is 7.11 Å². The van der Waals surface area contributed by atoms with Gasteiger partial charge in [0.15, 0.2) is 5.78 Å². The summed E-state index contributed by atoms with van der Waals surface area (Å²) in [7, 11) is 1.55. The number of hydrogen-bond acceptors (Lipinski definition) is 3. The van der Waals surface area contributed by atoms with E-state index in [9.17, 15) is 9.59 Å². The summed E-state index contributed by atoms with van der Waals surface area (Å²) in [6.45, 7) is 4.38. The van der Waals surface area contributed by atoms with Gasteiger partial charge in [0.1, 0.15) is 5.60 Å². The molecule has 0 aromatic heterocycles. The van der Waals surface area contributed by atoms with Gasteiger partial charge in [-0.05, 0) is 31.1 Å². The van der Waals surface area contributed by atoms with Gasteiger partial charge in [-0.15, -0.1) is 0 Å². The smallest absolute Gasteiger partial charge is 0.303 e. The van der Waals surface area contributed by atoms with Crippen molar-refractivity contribution in [2.45, 2.75) is 58.0 Å². The van der Waals surface area contributed by atoms with Crippen LogP contribution in [-0.4, -0.2) is 29.6 Å². The van der Waals surface area contributed by atoms with Gasteiger partial charge in [0, 0.05) is 13.5 Å². The first-order chi connectivity index (χ1) is 7.81. The fourth-order valence-electron chi connectivity index (χ4n) is 2.38. The standard InChI is InChI=1S/C13H22O4/c1-12(2)6-8-13(17-3,9-7-12)10(14)4-5-11(15)16/h4-9H2,1-3H3,(H,15,16). The molecule has 0 saturated heterocycles. The van der Waals surface area contributed by atoms with Crippen LogP contribution in [-0.2, 0) is 14.3 Å². The third kappa shape index (κ3) is 3.53. The molecule has 1 N–H and O–H groups in total. The van der Waals surface area contributed by atoms with Gasteiger partial charge in [0.25, 0.3) is 0 Å². The molecule has 0 radical (unpaired) electrons. The highest BCUT2D eigenvalue weighted by Crippen LogP contribution is 2.42. The van der Waals surface area contributed by atoms with Crippen molar-refractivity contribution >= 4 is 11.8 Å². The molecule has 0 aromatic carbocycles. The lowest BCUT2D eigenvalue weighted by Crippen LogP contribution is -2.45. The molecule has 0 unspecified atom stereocenters. The lowest BCUT2D eigenvalue weighted by atomic mass is 9.69. The van der Waals surface area contributed by atoms with E-state index in [1.165, 1.54) is 0 Å². The van der Waals surface area contributed by atoms with Gasteiger partial charge >= 0.3 is 5.97 Å². The quantitative estimate of drug-likeness (QED) is 0.804. The van der Waals surface area contributed by atoms with Crippen molar-refractivity contribution in [3.63, 3.8) is 0 Å². The van der Waals surface area contributed by atoms with Crippen LogP contribution in [0.4, 0.5) is 0 Å². The highest BCUT2D eigenvalue weighted by atomic mass is 16.5. The van der Waals surface area contributed by atoms with Crippen molar-refractivity contribution in [3.8, 4) is 0 Å². The molecule has 1 rings (SSSR count). The minimum atomic E-state index is -0.930. The summed E-state index contributed by atoms with van der Waals surface area (Å²) >= 11 is 0. The Kier molecular flexibility index (Phi) is 4.31. The number of Topliss-reactive ketones (excluding diaryl/α,β-unsaturated/α-hetero) is 1. The van der Waals surface area contributed by atoms with E-state index in [0.29, 0.717) is 12.8 Å². The molecule has 0 atom stereocenters. The number of ether oxygens (including phenoxy) is 1. The predicted octanol–water partition coefficient (Wildman–Crippen LogP) is 2.41. The number of aliphatic carboxylic acids is 1. The second-order valence-corrected chi connectivity index (χ2v) is 5.68. The molecule has 98 valence electrons. The lowest BCUT2D eigenvalue weighted by molar-refractivity contribution is -0.150. The van der Waals surface area contributed by atoms with Crippen LogP contribution in [0.15, 0.2) is 0 Å². The maximum atomic E-state index is 12.1. The SMILES string of the molecule is COC1(C(=O)CCC(=O)O)CCC(C)(C)CC1. The van der Waals surface area contributed by atoms with E-state index < -0.39 is 11.6 Å². The summed E-state index contributed by atoms with van der Waals surface area (Å²) in [6.07, 6.45) is 3.26. The number of methoxy groups -OCH3 is 1. The minimum absolute atomic E-state index is 0.0575. The van der Waals surface area contributed by atoms with Crippen molar-refractivity contribution in [1.82, 2.24) is 0 Å². The van der Waals surface area contributed by atoms with Crippen LogP contribution in [0.1, 0.15) is 52.4 Å². The van der Waals surface area contributed by atoms with Crippen molar-refractivity contribution < 1.29 is 19.4 Å². The Balaban J connectivity index is 2.64. The zero-order chi connectivity index (χ0) is 13.1. The van der Waals surface area contributed by atoms with Crippen molar-refractivity contribution in [1.29, 1.82) is 0 Å². The highest BCUT2D eigenvalue weighted by Gasteiger charge is 2.43. The van der Waals surface area contributed by atoms with Crippen LogP contribution in [0.25, 0.3) is 0 Å². The maximum Gasteiger partial charge on any atom is 0.303 e. The molecule has 1 aliphatic rings. The van der Waals surface area contributed by atoms with E-state index in [1.807, 2.05) is 0 Å². The van der Waals surface area contributed by atoms with E-state index >= 15 is 0 Å². The van der Waals surface area contributed by atoms with Gasteiger partial charge < -0.3 is 9.84 Å². The molecular weight excluding hydrogens is 220 g/mol. The average molecular weight is 242 g/mol. The first-order valence-corrected chi connectivity index (χ1v) is 6.12. The third-order valence-electron chi connectivity index (χ3n) is 3.88. The molecule has 0 aromatic rings. The van der Waals surface area contributed by atoms with Crippen LogP contribution in [0.2, 0.25) is 0 Å². The Morgan fingerprint density at radius 3 is 2.06 bits per heavy atom. The number of carbonyl (C=O) groups excluding carboxylic acids is 1. The zero-order valence-electron chi connectivity index (χ0n) is 10.9. The minimum Gasteiger partial charge on any atom is -0.481 e. The normalized spacial score (nSPS) is 22.1. The molecule has 1 saturated carbocycles. The largest absolute Gasteiger partial charge is 0.481 e. The van der Waals surface area contributed by atoms with Gasteiger partial charge in [0.2, 0.25) is 0 Å². The van der Waals surface area contributed by atoms with Crippen molar-refractivity contribution in [2.24, 2.45) is 5.41 Å². The Morgan fingerprint density at radius 1 is 1.12 bits per heavy atom. The van der Waals surface area contributed by atoms with E-state index in [2.05, 4.69) is 13.8 Å². The molecule has 4 nitrogen and oxygen atoms in total. The number of hydrogen-bond donors (Lipinski definition) is 1. The van der Waals surface area contributed by atoms with E-state index in [4.69, 9.17) is 9.84 Å². The molecule has 0 heterocycles. The molecule has 17 heavy (non-hydrogen) atoms. The molecule has 1 aliphatic carbocycles. The summed E-state index contributed by atoms with van der Waals surface area (Å²) in [4.78, 5) is 22.6. The number of ketones is 1. The lowest BCUT2D eigenvalue weighted by Gasteiger charge is -2.41. The fourth-order valence-corrected chi connectivity index (χ4v) is 2.38. The van der Waals surface area contributed by atoms with Crippen LogP contribution >= 0.6 is 0 Å². The van der Waals surface area contributed by atoms with Gasteiger partial charge in [-0.25, -0.2) is 0 Å². The molecule has 4 heteroatoms. The number of carboxylic acids is 1.